The van der Waals surface area contributed by atoms with E-state index in [4.69, 9.17) is 9.30 Å². The molecule has 0 bridgehead atoms. The van der Waals surface area contributed by atoms with Crippen molar-refractivity contribution in [3.05, 3.63) is 239 Å². The molecule has 5 heteroatoms. The number of rotatable bonds is 18. The minimum atomic E-state index is -3.55. The van der Waals surface area contributed by atoms with Crippen molar-refractivity contribution in [3.63, 3.8) is 0 Å². The van der Waals surface area contributed by atoms with Crippen LogP contribution < -0.4 is 50.8 Å². The molecule has 8 aromatic rings. The van der Waals surface area contributed by atoms with Gasteiger partial charge in [-0.25, -0.2) is 0 Å². The lowest BCUT2D eigenvalue weighted by Crippen LogP contribution is -2.96. The second-order valence-corrected chi connectivity index (χ2v) is 34.0. The zero-order valence-corrected chi connectivity index (χ0v) is 49.4. The molecule has 0 saturated carbocycles. The topological polar surface area (TPSA) is 24.1 Å². The van der Waals surface area contributed by atoms with Crippen LogP contribution in [0, 0.1) is 13.8 Å². The Morgan fingerprint density at radius 1 is 0.219 bits per heavy atom. The highest BCUT2D eigenvalue weighted by molar-refractivity contribution is 7.24. The van der Waals surface area contributed by atoms with E-state index in [2.05, 4.69) is 291 Å². The van der Waals surface area contributed by atoms with E-state index >= 15 is 0 Å². The van der Waals surface area contributed by atoms with E-state index in [1.54, 1.807) is 0 Å². The molecule has 0 spiro atoms. The zero-order chi connectivity index (χ0) is 52.2. The SMILES string of the molecule is Cc1ccc([Si](N[Si](c2ccc(C(C)C)cc2)(c2ccc(C(C)C)cc2)c2ccc(C(C)C)cc2)(N[Si](c2ccc(C(C)C)cc2)(c2ccc(C(C)C)cc2)c2ccc(C(C)C)cc2)c2ccc(C)cc2)cc1. The van der Waals surface area contributed by atoms with E-state index in [0.29, 0.717) is 35.5 Å². The van der Waals surface area contributed by atoms with Crippen molar-refractivity contribution in [2.45, 2.75) is 132 Å². The molecular weight excluding hydrogens is 929 g/mol. The Balaban J connectivity index is 1.59. The fourth-order valence-corrected chi connectivity index (χ4v) is 29.6. The maximum atomic E-state index is 5.10. The normalized spacial score (nSPS) is 12.5. The third-order valence-corrected chi connectivity index (χ3v) is 31.4. The van der Waals surface area contributed by atoms with Crippen LogP contribution in [-0.2, 0) is 0 Å². The highest BCUT2D eigenvalue weighted by atomic mass is 28.4. The molecule has 8 aromatic carbocycles. The van der Waals surface area contributed by atoms with Crippen LogP contribution >= 0.6 is 0 Å². The smallest absolute Gasteiger partial charge is 0.255 e. The van der Waals surface area contributed by atoms with E-state index in [0.717, 1.165) is 0 Å². The summed E-state index contributed by atoms with van der Waals surface area (Å²) in [5, 5.41) is 10.7. The second-order valence-electron chi connectivity index (χ2n) is 22.9. The van der Waals surface area contributed by atoms with Crippen LogP contribution in [0.1, 0.15) is 163 Å². The van der Waals surface area contributed by atoms with Gasteiger partial charge < -0.3 is 9.30 Å². The standard InChI is InChI=1S/C68H82N2Si3/c1-47(2)55-19-35-61(36-20-55)71(62-37-21-56(22-38-62)48(3)4,63-39-23-57(24-40-63)49(5)6)69-73(67-31-15-53(13)16-32-67,68-33-17-54(14)18-34-68)70-72(64-41-25-58(26-42-64)50(7)8,65-43-27-59(28-44-65)51(9)10)66-45-29-60(30-46-66)52(11)12/h15-52,69-70H,1-14H3. The van der Waals surface area contributed by atoms with Crippen LogP contribution in [0.3, 0.4) is 0 Å². The van der Waals surface area contributed by atoms with E-state index in [9.17, 15) is 0 Å². The van der Waals surface area contributed by atoms with Crippen LogP contribution in [0.4, 0.5) is 0 Å². The van der Waals surface area contributed by atoms with Crippen molar-refractivity contribution >= 4 is 66.4 Å². The van der Waals surface area contributed by atoms with Crippen LogP contribution in [0.15, 0.2) is 194 Å². The van der Waals surface area contributed by atoms with E-state index in [1.807, 2.05) is 0 Å². The number of aryl methyl sites for hydroxylation is 2. The molecule has 0 atom stereocenters. The number of hydrogen-bond donors (Lipinski definition) is 2. The third kappa shape index (κ3) is 11.0. The molecule has 0 aromatic heterocycles. The van der Waals surface area contributed by atoms with E-state index in [-0.39, 0.29) is 0 Å². The highest BCUT2D eigenvalue weighted by Gasteiger charge is 2.55. The van der Waals surface area contributed by atoms with Gasteiger partial charge in [0, 0.05) is 0 Å². The zero-order valence-electron chi connectivity index (χ0n) is 46.4. The Bertz CT molecular complexity index is 2560. The first-order valence-electron chi connectivity index (χ1n) is 27.2. The Morgan fingerprint density at radius 2 is 0.370 bits per heavy atom. The molecule has 0 fully saturated rings. The first kappa shape index (κ1) is 53.6. The van der Waals surface area contributed by atoms with Gasteiger partial charge in [0.05, 0.1) is 0 Å². The number of hydrogen-bond acceptors (Lipinski definition) is 2. The van der Waals surface area contributed by atoms with Gasteiger partial charge in [0.15, 0.2) is 0 Å². The summed E-state index contributed by atoms with van der Waals surface area (Å²) in [6.45, 7) is 32.2. The van der Waals surface area contributed by atoms with Gasteiger partial charge in [0.1, 0.15) is 0 Å². The van der Waals surface area contributed by atoms with Crippen molar-refractivity contribution in [2.24, 2.45) is 0 Å². The summed E-state index contributed by atoms with van der Waals surface area (Å²) in [6.07, 6.45) is 0. The Kier molecular flexibility index (Phi) is 16.5. The van der Waals surface area contributed by atoms with Crippen molar-refractivity contribution in [1.29, 1.82) is 0 Å². The van der Waals surface area contributed by atoms with Gasteiger partial charge in [-0.15, -0.1) is 0 Å². The molecule has 0 saturated heterocycles. The Morgan fingerprint density at radius 3 is 0.521 bits per heavy atom. The van der Waals surface area contributed by atoms with Gasteiger partial charge in [-0.05, 0) is 124 Å². The third-order valence-electron chi connectivity index (χ3n) is 15.8. The predicted molar refractivity (Wildman–Crippen MR) is 326 cm³/mol. The summed E-state index contributed by atoms with van der Waals surface area (Å²) in [5.74, 6) is 2.43. The van der Waals surface area contributed by atoms with Gasteiger partial charge in [-0.1, -0.05) is 288 Å². The van der Waals surface area contributed by atoms with Crippen molar-refractivity contribution in [3.8, 4) is 0 Å². The minimum Gasteiger partial charge on any atom is -0.330 e. The lowest BCUT2D eigenvalue weighted by atomic mass is 10.0. The molecule has 0 amide bonds. The van der Waals surface area contributed by atoms with Crippen molar-refractivity contribution < 1.29 is 0 Å². The summed E-state index contributed by atoms with van der Waals surface area (Å²) in [7, 11) is -10.2. The maximum absolute atomic E-state index is 5.10. The van der Waals surface area contributed by atoms with Crippen LogP contribution in [0.5, 0.6) is 0 Å². The van der Waals surface area contributed by atoms with Crippen LogP contribution in [0.25, 0.3) is 0 Å². The fourth-order valence-electron chi connectivity index (χ4n) is 10.8. The molecule has 8 rings (SSSR count). The molecular formula is C68H82N2Si3. The van der Waals surface area contributed by atoms with Gasteiger partial charge in [-0.2, -0.15) is 0 Å². The van der Waals surface area contributed by atoms with Crippen LogP contribution in [0.2, 0.25) is 0 Å². The lowest BCUT2D eigenvalue weighted by Gasteiger charge is -2.49. The number of nitrogens with one attached hydrogen (secondary N) is 2. The fraction of sp³-hybridized carbons (Fsp3) is 0.294. The molecule has 2 N–H and O–H groups in total. The summed E-state index contributed by atoms with van der Waals surface area (Å²) in [4.78, 5) is 0. The highest BCUT2D eigenvalue weighted by Crippen LogP contribution is 2.23. The Hall–Kier alpha value is -5.67. The molecule has 0 heterocycles. The van der Waals surface area contributed by atoms with Gasteiger partial charge in [0.25, 0.3) is 8.40 Å². The quantitative estimate of drug-likeness (QED) is 0.0661. The van der Waals surface area contributed by atoms with Gasteiger partial charge >= 0.3 is 0 Å². The van der Waals surface area contributed by atoms with E-state index in [1.165, 1.54) is 86.0 Å². The Labute approximate surface area is 444 Å². The number of benzene rings is 8. The molecule has 376 valence electrons. The summed E-state index contributed by atoms with van der Waals surface area (Å²) < 4.78 is 10.2. The second kappa shape index (κ2) is 22.4. The maximum Gasteiger partial charge on any atom is 0.255 e. The van der Waals surface area contributed by atoms with Gasteiger partial charge in [0.2, 0.25) is 16.5 Å². The molecule has 2 nitrogen and oxygen atoms in total. The molecule has 73 heavy (non-hydrogen) atoms. The molecule has 0 unspecified atom stereocenters. The molecule has 0 aliphatic rings. The summed E-state index contributed by atoms with van der Waals surface area (Å²) in [5.41, 5.74) is 10.6. The van der Waals surface area contributed by atoms with Crippen molar-refractivity contribution in [2.75, 3.05) is 0 Å². The lowest BCUT2D eigenvalue weighted by molar-refractivity contribution is 0.866. The molecule has 0 aliphatic heterocycles. The minimum absolute atomic E-state index is 0.404. The van der Waals surface area contributed by atoms with Crippen LogP contribution in [-0.4, -0.2) is 24.9 Å². The predicted octanol–water partition coefficient (Wildman–Crippen LogP) is 12.1. The average Bonchev–Trinajstić information content (AvgIpc) is 3.39. The first-order chi connectivity index (χ1) is 34.9. The van der Waals surface area contributed by atoms with Gasteiger partial charge in [-0.3, -0.25) is 0 Å². The average molecular weight is 1010 g/mol. The summed E-state index contributed by atoms with van der Waals surface area (Å²) >= 11 is 0. The molecule has 0 radical (unpaired) electrons. The monoisotopic (exact) mass is 1010 g/mol. The largest absolute Gasteiger partial charge is 0.330 e. The van der Waals surface area contributed by atoms with Crippen molar-refractivity contribution in [1.82, 2.24) is 9.30 Å². The summed E-state index contributed by atoms with van der Waals surface area (Å²) in [6, 6.07) is 77.9. The first-order valence-corrected chi connectivity index (χ1v) is 33.2. The van der Waals surface area contributed by atoms with E-state index < -0.39 is 24.9 Å². The molecule has 0 aliphatic carbocycles.